The highest BCUT2D eigenvalue weighted by molar-refractivity contribution is 8.20. The number of benzene rings is 8. The van der Waals surface area contributed by atoms with Crippen molar-refractivity contribution in [1.29, 1.82) is 0 Å². The van der Waals surface area contributed by atoms with Gasteiger partial charge in [0.05, 0.1) is 0 Å². The highest BCUT2D eigenvalue weighted by Crippen LogP contribution is 2.50. The van der Waals surface area contributed by atoms with Crippen molar-refractivity contribution >= 4 is 78.9 Å². The summed E-state index contributed by atoms with van der Waals surface area (Å²) in [4.78, 5) is 0. The minimum atomic E-state index is -2.74. The zero-order chi connectivity index (χ0) is 34.7. The third-order valence-corrected chi connectivity index (χ3v) is 17.0. The van der Waals surface area contributed by atoms with Crippen LogP contribution in [-0.2, 0) is 30.0 Å². The number of hydrogen-bond acceptors (Lipinski definition) is 4. The molecule has 0 radical (unpaired) electrons. The molecule has 0 saturated carbocycles. The standard InChI is InChI=1S/C45H34O2P2S2/c50-48(36-19-5-1-6-20-36,37-21-7-2-8-22-37)46-44-31-29-34-17-13-15-27-40(34)42(44)33-43-41-28-16-14-18-35(41)30-32-45(43)47-49(51,38-23-9-3-10-24-38)39-25-11-4-12-26-39/h1-32H,33H2. The van der Waals surface area contributed by atoms with Gasteiger partial charge in [-0.15, -0.1) is 0 Å². The molecule has 8 rings (SSSR count). The maximum atomic E-state index is 7.25. The predicted octanol–water partition coefficient (Wildman–Crippen LogP) is 10.4. The van der Waals surface area contributed by atoms with Gasteiger partial charge in [0, 0.05) is 38.8 Å². The van der Waals surface area contributed by atoms with Gasteiger partial charge in [-0.1, -0.05) is 182 Å². The van der Waals surface area contributed by atoms with E-state index in [1.54, 1.807) is 0 Å². The molecule has 0 N–H and O–H groups in total. The molecule has 248 valence electrons. The lowest BCUT2D eigenvalue weighted by Gasteiger charge is -2.28. The van der Waals surface area contributed by atoms with Crippen molar-refractivity contribution in [2.24, 2.45) is 0 Å². The van der Waals surface area contributed by atoms with Crippen LogP contribution >= 0.6 is 12.5 Å². The smallest absolute Gasteiger partial charge is 0.171 e. The third-order valence-electron chi connectivity index (χ3n) is 9.19. The summed E-state index contributed by atoms with van der Waals surface area (Å²) in [7, 11) is 0. The maximum Gasteiger partial charge on any atom is 0.171 e. The molecule has 51 heavy (non-hydrogen) atoms. The number of rotatable bonds is 10. The molecule has 0 saturated heterocycles. The van der Waals surface area contributed by atoms with Gasteiger partial charge in [0.25, 0.3) is 0 Å². The van der Waals surface area contributed by atoms with E-state index in [0.717, 1.165) is 65.4 Å². The largest absolute Gasteiger partial charge is 0.457 e. The van der Waals surface area contributed by atoms with E-state index in [1.807, 2.05) is 72.8 Å². The van der Waals surface area contributed by atoms with Gasteiger partial charge in [-0.25, -0.2) is 0 Å². The van der Waals surface area contributed by atoms with Crippen LogP contribution in [0.1, 0.15) is 11.1 Å². The first-order valence-electron chi connectivity index (χ1n) is 16.9. The Morgan fingerprint density at radius 2 is 0.627 bits per heavy atom. The van der Waals surface area contributed by atoms with Crippen molar-refractivity contribution in [3.05, 3.63) is 205 Å². The Morgan fingerprint density at radius 1 is 0.333 bits per heavy atom. The molecule has 0 heterocycles. The van der Waals surface area contributed by atoms with Crippen LogP contribution < -0.4 is 30.3 Å². The zero-order valence-corrected chi connectivity index (χ0v) is 31.1. The fraction of sp³-hybridized carbons (Fsp3) is 0.0222. The van der Waals surface area contributed by atoms with E-state index in [4.69, 9.17) is 32.7 Å². The Kier molecular flexibility index (Phi) is 9.43. The van der Waals surface area contributed by atoms with Gasteiger partial charge >= 0.3 is 0 Å². The van der Waals surface area contributed by atoms with E-state index < -0.39 is 12.5 Å². The number of hydrogen-bond donors (Lipinski definition) is 0. The van der Waals surface area contributed by atoms with Crippen LogP contribution in [0.5, 0.6) is 11.5 Å². The minimum absolute atomic E-state index is 0.547. The Balaban J connectivity index is 1.32. The van der Waals surface area contributed by atoms with Crippen molar-refractivity contribution in [3.8, 4) is 11.5 Å². The molecular weight excluding hydrogens is 699 g/mol. The second-order valence-corrected chi connectivity index (χ2v) is 20.1. The summed E-state index contributed by atoms with van der Waals surface area (Å²) in [5, 5.41) is 8.51. The van der Waals surface area contributed by atoms with Crippen LogP contribution in [0.25, 0.3) is 21.5 Å². The van der Waals surface area contributed by atoms with Crippen molar-refractivity contribution < 1.29 is 9.05 Å². The first kappa shape index (κ1) is 33.3. The average molecular weight is 733 g/mol. The lowest BCUT2D eigenvalue weighted by Crippen LogP contribution is -2.20. The van der Waals surface area contributed by atoms with Gasteiger partial charge in [-0.3, -0.25) is 0 Å². The molecule has 8 aromatic carbocycles. The number of fused-ring (bicyclic) bond motifs is 2. The SMILES string of the molecule is S=P(Oc1ccc2ccccc2c1Cc1c(OP(=S)(c2ccccc2)c2ccccc2)ccc2ccccc12)(c1ccccc1)c1ccccc1. The molecule has 0 aliphatic rings. The molecule has 0 atom stereocenters. The molecule has 0 aliphatic heterocycles. The van der Waals surface area contributed by atoms with Gasteiger partial charge in [-0.2, -0.15) is 0 Å². The fourth-order valence-corrected chi connectivity index (χ4v) is 12.7. The Morgan fingerprint density at radius 3 is 0.961 bits per heavy atom. The van der Waals surface area contributed by atoms with Crippen LogP contribution in [0.2, 0.25) is 0 Å². The van der Waals surface area contributed by atoms with Crippen LogP contribution in [-0.4, -0.2) is 0 Å². The van der Waals surface area contributed by atoms with E-state index in [0.29, 0.717) is 6.42 Å². The second-order valence-electron chi connectivity index (χ2n) is 12.3. The van der Waals surface area contributed by atoms with E-state index in [9.17, 15) is 0 Å². The Bertz CT molecular complexity index is 2290. The van der Waals surface area contributed by atoms with Gasteiger partial charge in [0.1, 0.15) is 11.5 Å². The lowest BCUT2D eigenvalue weighted by atomic mass is 9.93. The lowest BCUT2D eigenvalue weighted by molar-refractivity contribution is 0.612. The molecule has 0 amide bonds. The summed E-state index contributed by atoms with van der Waals surface area (Å²) in [6, 6.07) is 66.5. The molecule has 0 bridgehead atoms. The monoisotopic (exact) mass is 732 g/mol. The summed E-state index contributed by atoms with van der Waals surface area (Å²) in [5.74, 6) is 1.54. The van der Waals surface area contributed by atoms with Crippen molar-refractivity contribution in [2.45, 2.75) is 6.42 Å². The van der Waals surface area contributed by atoms with E-state index in [1.165, 1.54) is 0 Å². The van der Waals surface area contributed by atoms with Crippen LogP contribution in [0.15, 0.2) is 194 Å². The van der Waals surface area contributed by atoms with Crippen molar-refractivity contribution in [1.82, 2.24) is 0 Å². The minimum Gasteiger partial charge on any atom is -0.457 e. The van der Waals surface area contributed by atoms with Crippen molar-refractivity contribution in [3.63, 3.8) is 0 Å². The maximum absolute atomic E-state index is 7.25. The Labute approximate surface area is 309 Å². The third kappa shape index (κ3) is 6.58. The fourth-order valence-electron chi connectivity index (χ4n) is 6.63. The highest BCUT2D eigenvalue weighted by Gasteiger charge is 2.29. The molecule has 2 nitrogen and oxygen atoms in total. The predicted molar refractivity (Wildman–Crippen MR) is 225 cm³/mol. The molecule has 0 unspecified atom stereocenters. The zero-order valence-electron chi connectivity index (χ0n) is 27.7. The van der Waals surface area contributed by atoms with Gasteiger partial charge in [0.15, 0.2) is 12.5 Å². The van der Waals surface area contributed by atoms with Crippen molar-refractivity contribution in [2.75, 3.05) is 0 Å². The summed E-state index contributed by atoms with van der Waals surface area (Å²) >= 11 is 13.2. The first-order chi connectivity index (χ1) is 25.0. The molecule has 0 fully saturated rings. The van der Waals surface area contributed by atoms with E-state index in [-0.39, 0.29) is 0 Å². The normalized spacial score (nSPS) is 11.8. The summed E-state index contributed by atoms with van der Waals surface area (Å²) < 4.78 is 14.5. The van der Waals surface area contributed by atoms with Crippen LogP contribution in [0, 0.1) is 0 Å². The average Bonchev–Trinajstić information content (AvgIpc) is 3.20. The summed E-state index contributed by atoms with van der Waals surface area (Å²) in [6.45, 7) is 0. The molecule has 0 aromatic heterocycles. The van der Waals surface area contributed by atoms with Crippen LogP contribution in [0.3, 0.4) is 0 Å². The topological polar surface area (TPSA) is 18.5 Å². The van der Waals surface area contributed by atoms with Gasteiger partial charge < -0.3 is 9.05 Å². The molecule has 8 aromatic rings. The highest BCUT2D eigenvalue weighted by atomic mass is 32.4. The molecule has 6 heteroatoms. The molecule has 0 aliphatic carbocycles. The van der Waals surface area contributed by atoms with E-state index >= 15 is 0 Å². The second kappa shape index (κ2) is 14.4. The van der Waals surface area contributed by atoms with E-state index in [2.05, 4.69) is 121 Å². The molecule has 0 spiro atoms. The molecular formula is C45H34O2P2S2. The quantitative estimate of drug-likeness (QED) is 0.130. The summed E-state index contributed by atoms with van der Waals surface area (Å²) in [6.07, 6.45) is -4.93. The van der Waals surface area contributed by atoms with Crippen LogP contribution in [0.4, 0.5) is 0 Å². The summed E-state index contributed by atoms with van der Waals surface area (Å²) in [5.41, 5.74) is 2.12. The van der Waals surface area contributed by atoms with Gasteiger partial charge in [0.2, 0.25) is 0 Å². The Hall–Kier alpha value is -4.82. The van der Waals surface area contributed by atoms with Gasteiger partial charge in [-0.05, 0) is 57.3 Å². The first-order valence-corrected chi connectivity index (χ1v) is 22.3.